The van der Waals surface area contributed by atoms with Crippen LogP contribution in [0.15, 0.2) is 36.5 Å². The van der Waals surface area contributed by atoms with Gasteiger partial charge in [0.25, 0.3) is 5.91 Å². The van der Waals surface area contributed by atoms with Gasteiger partial charge in [0.15, 0.2) is 6.29 Å². The van der Waals surface area contributed by atoms with Gasteiger partial charge < -0.3 is 29.6 Å². The summed E-state index contributed by atoms with van der Waals surface area (Å²) in [7, 11) is 0. The second-order valence-corrected chi connectivity index (χ2v) is 12.8. The van der Waals surface area contributed by atoms with Gasteiger partial charge in [-0.05, 0) is 68.9 Å². The van der Waals surface area contributed by atoms with Crippen molar-refractivity contribution in [2.24, 2.45) is 5.92 Å². The molecule has 0 atom stereocenters. The Morgan fingerprint density at radius 2 is 1.61 bits per heavy atom. The molecule has 0 bridgehead atoms. The molecule has 2 N–H and O–H groups in total. The number of aromatic amines is 1. The van der Waals surface area contributed by atoms with Gasteiger partial charge in [-0.15, -0.1) is 0 Å². The Hall–Kier alpha value is -3.76. The maximum atomic E-state index is 13.3. The number of benzene rings is 2. The van der Waals surface area contributed by atoms with Crippen molar-refractivity contribution in [1.82, 2.24) is 10.3 Å². The van der Waals surface area contributed by atoms with Gasteiger partial charge in [0.05, 0.1) is 32.9 Å². The van der Waals surface area contributed by atoms with E-state index in [1.807, 2.05) is 24.3 Å². The third-order valence-corrected chi connectivity index (χ3v) is 9.59. The molecule has 10 heteroatoms. The molecule has 9 nitrogen and oxygen atoms in total. The van der Waals surface area contributed by atoms with Crippen molar-refractivity contribution >= 4 is 39.8 Å². The second kappa shape index (κ2) is 16.2. The summed E-state index contributed by atoms with van der Waals surface area (Å²) in [6.45, 7) is 8.99. The van der Waals surface area contributed by atoms with Gasteiger partial charge in [-0.3, -0.25) is 4.79 Å². The number of piperidine rings is 2. The lowest BCUT2D eigenvalue weighted by molar-refractivity contribution is -0.177. The number of nitriles is 2. The second-order valence-electron chi connectivity index (χ2n) is 12.3. The number of fused-ring (bicyclic) bond motifs is 1. The minimum absolute atomic E-state index is 0.00198. The monoisotopic (exact) mass is 644 g/mol. The summed E-state index contributed by atoms with van der Waals surface area (Å²) in [5, 5.41) is 23.9. The summed E-state index contributed by atoms with van der Waals surface area (Å²) in [6, 6.07) is 13.9. The van der Waals surface area contributed by atoms with E-state index in [4.69, 9.17) is 21.1 Å². The molecule has 5 rings (SSSR count). The molecule has 0 radical (unpaired) electrons. The summed E-state index contributed by atoms with van der Waals surface area (Å²) in [4.78, 5) is 21.1. The highest BCUT2D eigenvalue weighted by Gasteiger charge is 2.29. The summed E-state index contributed by atoms with van der Waals surface area (Å²) in [5.41, 5.74) is 4.15. The van der Waals surface area contributed by atoms with Crippen LogP contribution >= 0.6 is 11.6 Å². The molecule has 2 aromatic carbocycles. The quantitative estimate of drug-likeness (QED) is 0.150. The van der Waals surface area contributed by atoms with Crippen LogP contribution in [0.3, 0.4) is 0 Å². The number of anilines is 2. The third-order valence-electron chi connectivity index (χ3n) is 9.27. The van der Waals surface area contributed by atoms with Gasteiger partial charge in [-0.2, -0.15) is 10.5 Å². The molecule has 0 aliphatic carbocycles. The number of carbonyl (C=O) groups is 1. The lowest BCUT2D eigenvalue weighted by Gasteiger charge is -2.37. The topological polar surface area (TPSA) is 117 Å². The zero-order valence-corrected chi connectivity index (χ0v) is 27.7. The highest BCUT2D eigenvalue weighted by atomic mass is 35.5. The fourth-order valence-electron chi connectivity index (χ4n) is 6.53. The van der Waals surface area contributed by atoms with Crippen LogP contribution in [0.25, 0.3) is 10.9 Å². The molecule has 0 saturated carbocycles. The first-order valence-electron chi connectivity index (χ1n) is 16.7. The Balaban J connectivity index is 1.16. The van der Waals surface area contributed by atoms with Crippen LogP contribution in [0.1, 0.15) is 86.7 Å². The normalized spacial score (nSPS) is 16.1. The summed E-state index contributed by atoms with van der Waals surface area (Å²) >= 11 is 6.39. The number of unbranched alkanes of at least 4 members (excludes halogenated alkanes) is 2. The van der Waals surface area contributed by atoms with Crippen molar-refractivity contribution in [2.45, 2.75) is 77.5 Å². The molecule has 0 unspecified atom stereocenters. The summed E-state index contributed by atoms with van der Waals surface area (Å²) < 4.78 is 12.3. The number of amides is 1. The maximum absolute atomic E-state index is 13.3. The molecule has 1 amide bonds. The Morgan fingerprint density at radius 3 is 2.24 bits per heavy atom. The number of nitrogens with zero attached hydrogens (tertiary/aromatic N) is 4. The van der Waals surface area contributed by atoms with E-state index in [1.165, 1.54) is 0 Å². The van der Waals surface area contributed by atoms with Gasteiger partial charge >= 0.3 is 0 Å². The predicted octanol–water partition coefficient (Wildman–Crippen LogP) is 7.14. The van der Waals surface area contributed by atoms with Gasteiger partial charge in [0.1, 0.15) is 12.1 Å². The fraction of sp³-hybridized carbons (Fsp3) is 0.528. The molecule has 3 heterocycles. The van der Waals surface area contributed by atoms with Crippen LogP contribution in [-0.4, -0.2) is 62.6 Å². The van der Waals surface area contributed by atoms with E-state index in [2.05, 4.69) is 46.1 Å². The Kier molecular flexibility index (Phi) is 11.8. The first-order valence-corrected chi connectivity index (χ1v) is 17.1. The SMILES string of the molecule is CCCCOC(OCCCC)C1CCN(c2ccc(C(=O)NC3CCN(c4ccc(Cl)c5c(C#N)c[nH]c45)CC3)c(C#N)c2)CC1. The lowest BCUT2D eigenvalue weighted by Crippen LogP contribution is -2.45. The van der Waals surface area contributed by atoms with Crippen LogP contribution in [0.5, 0.6) is 0 Å². The number of halogens is 1. The van der Waals surface area contributed by atoms with Crippen molar-refractivity contribution in [2.75, 3.05) is 49.2 Å². The van der Waals surface area contributed by atoms with E-state index in [1.54, 1.807) is 12.3 Å². The highest BCUT2D eigenvalue weighted by molar-refractivity contribution is 6.36. The summed E-state index contributed by atoms with van der Waals surface area (Å²) in [5.74, 6) is 0.133. The van der Waals surface area contributed by atoms with Crippen LogP contribution in [0.2, 0.25) is 5.02 Å². The van der Waals surface area contributed by atoms with Gasteiger partial charge in [-0.25, -0.2) is 0 Å². The van der Waals surface area contributed by atoms with Crippen LogP contribution in [-0.2, 0) is 9.47 Å². The maximum Gasteiger partial charge on any atom is 0.252 e. The van der Waals surface area contributed by atoms with Crippen LogP contribution in [0, 0.1) is 28.6 Å². The summed E-state index contributed by atoms with van der Waals surface area (Å²) in [6.07, 6.45) is 9.24. The molecule has 3 aromatic rings. The molecule has 2 aliphatic rings. The number of rotatable bonds is 13. The van der Waals surface area contributed by atoms with Gasteiger partial charge in [0.2, 0.25) is 0 Å². The molecule has 46 heavy (non-hydrogen) atoms. The average molecular weight is 645 g/mol. The minimum atomic E-state index is -0.214. The van der Waals surface area contributed by atoms with Crippen molar-refractivity contribution in [3.8, 4) is 12.1 Å². The van der Waals surface area contributed by atoms with E-state index in [0.717, 1.165) is 113 Å². The number of hydrogen-bond donors (Lipinski definition) is 2. The van der Waals surface area contributed by atoms with Crippen molar-refractivity contribution in [3.05, 3.63) is 58.2 Å². The average Bonchev–Trinajstić information content (AvgIpc) is 3.53. The molecule has 244 valence electrons. The molecule has 1 aromatic heterocycles. The van der Waals surface area contributed by atoms with Gasteiger partial charge in [0, 0.05) is 68.6 Å². The number of nitrogens with one attached hydrogen (secondary N) is 2. The third kappa shape index (κ3) is 7.78. The number of H-pyrrole nitrogens is 1. The van der Waals surface area contributed by atoms with E-state index < -0.39 is 0 Å². The zero-order valence-electron chi connectivity index (χ0n) is 27.0. The van der Waals surface area contributed by atoms with Crippen LogP contribution in [0.4, 0.5) is 11.4 Å². The first-order chi connectivity index (χ1) is 22.5. The van der Waals surface area contributed by atoms with Crippen molar-refractivity contribution in [3.63, 3.8) is 0 Å². The van der Waals surface area contributed by atoms with E-state index in [0.29, 0.717) is 27.6 Å². The Bertz CT molecular complexity index is 1550. The molecular formula is C36H45ClN6O3. The number of carbonyl (C=O) groups excluding carboxylic acids is 1. The Morgan fingerprint density at radius 1 is 0.957 bits per heavy atom. The molecule has 2 aliphatic heterocycles. The Labute approximate surface area is 277 Å². The van der Waals surface area contributed by atoms with E-state index in [9.17, 15) is 15.3 Å². The largest absolute Gasteiger partial charge is 0.371 e. The highest BCUT2D eigenvalue weighted by Crippen LogP contribution is 2.35. The number of ether oxygens (including phenoxy) is 2. The molecule has 2 fully saturated rings. The van der Waals surface area contributed by atoms with Crippen LogP contribution < -0.4 is 15.1 Å². The number of aromatic nitrogens is 1. The fourth-order valence-corrected chi connectivity index (χ4v) is 6.79. The predicted molar refractivity (Wildman–Crippen MR) is 182 cm³/mol. The zero-order chi connectivity index (χ0) is 32.5. The molecule has 0 spiro atoms. The number of hydrogen-bond acceptors (Lipinski definition) is 7. The minimum Gasteiger partial charge on any atom is -0.371 e. The molecule has 2 saturated heterocycles. The van der Waals surface area contributed by atoms with Crippen molar-refractivity contribution in [1.29, 1.82) is 10.5 Å². The standard InChI is InChI=1S/C36H45ClN6O3/c1-3-5-19-45-36(46-20-6-4-2)25-11-15-42(16-12-25)29-7-8-30(26(21-29)22-38)35(44)41-28-13-17-43(18-14-28)32-10-9-31(37)33-27(23-39)24-40-34(32)33/h7-10,21,24-25,28,36,40H,3-6,11-20H2,1-2H3,(H,41,44). The van der Waals surface area contributed by atoms with E-state index in [-0.39, 0.29) is 18.2 Å². The van der Waals surface area contributed by atoms with Gasteiger partial charge in [-0.1, -0.05) is 38.3 Å². The molecular weight excluding hydrogens is 600 g/mol. The smallest absolute Gasteiger partial charge is 0.252 e. The van der Waals surface area contributed by atoms with E-state index >= 15 is 0 Å². The first kappa shape index (κ1) is 33.6. The lowest BCUT2D eigenvalue weighted by atomic mass is 9.95. The van der Waals surface area contributed by atoms with Crippen molar-refractivity contribution < 1.29 is 14.3 Å².